The van der Waals surface area contributed by atoms with Gasteiger partial charge in [0.15, 0.2) is 31.1 Å². The Balaban J connectivity index is 5.22. The summed E-state index contributed by atoms with van der Waals surface area (Å²) in [6.07, 6.45) is 0.995. The lowest BCUT2D eigenvalue weighted by Crippen LogP contribution is -2.60. The van der Waals surface area contributed by atoms with E-state index in [1.807, 2.05) is 6.92 Å². The first-order valence-electron chi connectivity index (χ1n) is 12.5. The molecule has 0 saturated carbocycles. The first-order valence-corrected chi connectivity index (χ1v) is 24.6. The molecule has 12 heteroatoms. The van der Waals surface area contributed by atoms with Crippen molar-refractivity contribution in [2.75, 3.05) is 19.8 Å². The Kier molecular flexibility index (Phi) is 14.7. The van der Waals surface area contributed by atoms with Crippen molar-refractivity contribution in [2.45, 2.75) is 104 Å². The Morgan fingerprint density at radius 1 is 0.829 bits per heavy atom. The molecule has 1 atom stereocenters. The second-order valence-corrected chi connectivity index (χ2v) is 28.7. The summed E-state index contributed by atoms with van der Waals surface area (Å²) in [4.78, 5) is 23.7. The molecule has 206 valence electrons. The van der Waals surface area contributed by atoms with Gasteiger partial charge in [0, 0.05) is 24.6 Å². The molecule has 0 aliphatic carbocycles. The third-order valence-corrected chi connectivity index (χ3v) is 16.0. The highest BCUT2D eigenvalue weighted by Crippen LogP contribution is 2.29. The highest BCUT2D eigenvalue weighted by atomic mass is 28.5. The molecule has 0 aromatic rings. The minimum Gasteiger partial charge on any atom is -0.462 e. The van der Waals surface area contributed by atoms with E-state index in [4.69, 9.17) is 26.6 Å². The van der Waals surface area contributed by atoms with Crippen LogP contribution in [0.4, 0.5) is 0 Å². The summed E-state index contributed by atoms with van der Waals surface area (Å²) in [6.45, 7) is 27.0. The zero-order valence-electron chi connectivity index (χ0n) is 24.0. The molecule has 0 heterocycles. The average Bonchev–Trinajstić information content (AvgIpc) is 2.61. The molecule has 35 heavy (non-hydrogen) atoms. The molecule has 1 unspecified atom stereocenters. The Bertz CT molecular complexity index is 640. The summed E-state index contributed by atoms with van der Waals surface area (Å²) in [5.41, 5.74) is 0.279. The van der Waals surface area contributed by atoms with Crippen LogP contribution in [-0.4, -0.2) is 71.6 Å². The maximum absolute atomic E-state index is 12.0. The van der Waals surface area contributed by atoms with E-state index in [0.29, 0.717) is 31.9 Å². The van der Waals surface area contributed by atoms with Gasteiger partial charge in [-0.1, -0.05) is 13.5 Å². The lowest BCUT2D eigenvalue weighted by molar-refractivity contribution is -0.159. The second kappa shape index (κ2) is 15.0. The normalized spacial score (nSPS) is 13.9. The fourth-order valence-corrected chi connectivity index (χ4v) is 17.7. The molecule has 0 aliphatic rings. The smallest absolute Gasteiger partial charge is 0.462 e. The highest BCUT2D eigenvalue weighted by molar-refractivity contribution is 6.90. The van der Waals surface area contributed by atoms with Gasteiger partial charge in [0.05, 0.1) is 6.61 Å². The quantitative estimate of drug-likeness (QED) is 0.0901. The molecule has 0 fully saturated rings. The van der Waals surface area contributed by atoms with E-state index in [1.165, 1.54) is 0 Å². The van der Waals surface area contributed by atoms with Crippen molar-refractivity contribution < 1.29 is 36.1 Å². The zero-order valence-corrected chi connectivity index (χ0v) is 28.0. The van der Waals surface area contributed by atoms with Crippen molar-refractivity contribution in [3.8, 4) is 0 Å². The number of hydrogen-bond donors (Lipinski definition) is 0. The van der Waals surface area contributed by atoms with Gasteiger partial charge < -0.3 is 26.6 Å². The monoisotopic (exact) mass is 566 g/mol. The van der Waals surface area contributed by atoms with Gasteiger partial charge in [-0.15, -0.1) is 0 Å². The van der Waals surface area contributed by atoms with E-state index in [9.17, 15) is 9.59 Å². The summed E-state index contributed by atoms with van der Waals surface area (Å²) in [5, 5.41) is 0. The molecule has 0 bridgehead atoms. The van der Waals surface area contributed by atoms with E-state index in [-0.39, 0.29) is 24.8 Å². The van der Waals surface area contributed by atoms with E-state index < -0.39 is 45.8 Å². The first kappa shape index (κ1) is 34.4. The minimum atomic E-state index is -2.92. The van der Waals surface area contributed by atoms with Gasteiger partial charge in [-0.25, -0.2) is 4.79 Å². The molecule has 0 saturated heterocycles. The van der Waals surface area contributed by atoms with Crippen LogP contribution in [0.1, 0.15) is 33.1 Å². The van der Waals surface area contributed by atoms with E-state index >= 15 is 0 Å². The minimum absolute atomic E-state index is 0.0489. The molecule has 0 aromatic heterocycles. The van der Waals surface area contributed by atoms with Crippen LogP contribution in [0.5, 0.6) is 0 Å². The molecule has 0 rings (SSSR count). The summed E-state index contributed by atoms with van der Waals surface area (Å²) >= 11 is 0. The molecule has 0 amide bonds. The molecule has 0 spiro atoms. The van der Waals surface area contributed by atoms with Gasteiger partial charge in [0.1, 0.15) is 6.61 Å². The summed E-state index contributed by atoms with van der Waals surface area (Å²) in [6, 6.07) is 0.660. The summed E-state index contributed by atoms with van der Waals surface area (Å²) in [5.74, 6) is -0.859. The van der Waals surface area contributed by atoms with Crippen molar-refractivity contribution in [1.82, 2.24) is 0 Å². The molecule has 8 nitrogen and oxygen atoms in total. The molecular weight excluding hydrogens is 517 g/mol. The standard InChI is InChI=1S/C23H50O8Si4/c1-13-15-22(24)27-19-21(28-23(25)20(2)3)18-26-16-14-17-35(29-32(4,5)6,30-33(7,8)9)31-34(10,11)12/h21H,2,13-19H2,1,3-12H3. The van der Waals surface area contributed by atoms with Crippen LogP contribution in [-0.2, 0) is 36.1 Å². The number of ether oxygens (including phenoxy) is 3. The van der Waals surface area contributed by atoms with Gasteiger partial charge in [-0.3, -0.25) is 4.79 Å². The van der Waals surface area contributed by atoms with Crippen LogP contribution >= 0.6 is 0 Å². The topological polar surface area (TPSA) is 89.5 Å². The maximum atomic E-state index is 12.0. The van der Waals surface area contributed by atoms with Crippen LogP contribution in [0.15, 0.2) is 12.2 Å². The lowest BCUT2D eigenvalue weighted by atomic mass is 10.3. The van der Waals surface area contributed by atoms with E-state index in [1.54, 1.807) is 6.92 Å². The van der Waals surface area contributed by atoms with Crippen LogP contribution in [0.2, 0.25) is 65.0 Å². The number of carbonyl (C=O) groups excluding carboxylic acids is 2. The lowest BCUT2D eigenvalue weighted by Gasteiger charge is -2.42. The third kappa shape index (κ3) is 18.3. The Hall–Kier alpha value is -0.612. The van der Waals surface area contributed by atoms with E-state index in [0.717, 1.165) is 0 Å². The molecule has 0 N–H and O–H groups in total. The molecule has 0 aliphatic heterocycles. The van der Waals surface area contributed by atoms with Gasteiger partial charge in [-0.05, 0) is 78.7 Å². The largest absolute Gasteiger partial charge is 0.469 e. The SMILES string of the molecule is C=C(C)C(=O)OC(COCCC[Si](O[Si](C)(C)C)(O[Si](C)(C)C)O[Si](C)(C)C)COC(=O)CCC. The maximum Gasteiger partial charge on any atom is 0.469 e. The Labute approximate surface area is 217 Å². The number of esters is 2. The van der Waals surface area contributed by atoms with Crippen molar-refractivity contribution in [2.24, 2.45) is 0 Å². The number of hydrogen-bond acceptors (Lipinski definition) is 8. The fourth-order valence-electron chi connectivity index (χ4n) is 3.05. The number of carbonyl (C=O) groups is 2. The van der Waals surface area contributed by atoms with Gasteiger partial charge in [0.2, 0.25) is 0 Å². The summed E-state index contributed by atoms with van der Waals surface area (Å²) < 4.78 is 36.5. The fraction of sp³-hybridized carbons (Fsp3) is 0.826. The van der Waals surface area contributed by atoms with Crippen molar-refractivity contribution in [3.63, 3.8) is 0 Å². The summed E-state index contributed by atoms with van der Waals surface area (Å²) in [7, 11) is -8.73. The molecule has 0 radical (unpaired) electrons. The molecular formula is C23H50O8Si4. The average molecular weight is 567 g/mol. The van der Waals surface area contributed by atoms with Crippen molar-refractivity contribution in [1.29, 1.82) is 0 Å². The molecule has 0 aromatic carbocycles. The van der Waals surface area contributed by atoms with Gasteiger partial charge >= 0.3 is 20.7 Å². The van der Waals surface area contributed by atoms with Gasteiger partial charge in [0.25, 0.3) is 0 Å². The predicted molar refractivity (Wildman–Crippen MR) is 150 cm³/mol. The van der Waals surface area contributed by atoms with E-state index in [2.05, 4.69) is 65.5 Å². The number of rotatable bonds is 18. The van der Waals surface area contributed by atoms with Crippen LogP contribution in [0.3, 0.4) is 0 Å². The Morgan fingerprint density at radius 3 is 1.71 bits per heavy atom. The highest BCUT2D eigenvalue weighted by Gasteiger charge is 2.49. The Morgan fingerprint density at radius 2 is 1.31 bits per heavy atom. The third-order valence-electron chi connectivity index (χ3n) is 3.97. The van der Waals surface area contributed by atoms with Crippen molar-refractivity contribution in [3.05, 3.63) is 12.2 Å². The van der Waals surface area contributed by atoms with Crippen LogP contribution in [0, 0.1) is 0 Å². The van der Waals surface area contributed by atoms with Gasteiger partial charge in [-0.2, -0.15) is 0 Å². The predicted octanol–water partition coefficient (Wildman–Crippen LogP) is 5.72. The van der Waals surface area contributed by atoms with Crippen LogP contribution < -0.4 is 0 Å². The first-order chi connectivity index (χ1) is 15.8. The van der Waals surface area contributed by atoms with Crippen molar-refractivity contribution >= 4 is 45.7 Å². The van der Waals surface area contributed by atoms with Crippen LogP contribution in [0.25, 0.3) is 0 Å². The zero-order chi connectivity index (χ0) is 27.5. The second-order valence-electron chi connectivity index (χ2n) is 11.7.